The second-order valence-corrected chi connectivity index (χ2v) is 6.31. The van der Waals surface area contributed by atoms with Crippen LogP contribution in [0.1, 0.15) is 53.2 Å². The number of fused-ring (bicyclic) bond motifs is 1. The Kier molecular flexibility index (Phi) is 5.83. The van der Waals surface area contributed by atoms with Crippen LogP contribution in [0.5, 0.6) is 5.75 Å². The molecule has 0 saturated heterocycles. The van der Waals surface area contributed by atoms with Crippen molar-refractivity contribution >= 4 is 12.1 Å². The lowest BCUT2D eigenvalue weighted by Crippen LogP contribution is -2.17. The van der Waals surface area contributed by atoms with Crippen LogP contribution in [-0.2, 0) is 12.8 Å². The number of aryl methyl sites for hydroxylation is 2. The molecular weight excluding hydrogens is 312 g/mol. The van der Waals surface area contributed by atoms with Crippen LogP contribution in [0.15, 0.2) is 47.6 Å². The lowest BCUT2D eigenvalue weighted by Gasteiger charge is -2.06. The average molecular weight is 336 g/mol. The Morgan fingerprint density at radius 2 is 1.96 bits per heavy atom. The van der Waals surface area contributed by atoms with Crippen LogP contribution >= 0.6 is 0 Å². The van der Waals surface area contributed by atoms with Gasteiger partial charge in [0.25, 0.3) is 5.91 Å². The maximum Gasteiger partial charge on any atom is 0.271 e. The van der Waals surface area contributed by atoms with Crippen LogP contribution in [0.3, 0.4) is 0 Å². The molecule has 0 unspecified atom stereocenters. The van der Waals surface area contributed by atoms with Gasteiger partial charge in [0.1, 0.15) is 5.75 Å². The molecule has 1 aliphatic rings. The van der Waals surface area contributed by atoms with E-state index in [1.165, 1.54) is 24.0 Å². The molecule has 0 aliphatic heterocycles. The smallest absolute Gasteiger partial charge is 0.271 e. The molecular formula is C21H24N2O2. The highest BCUT2D eigenvalue weighted by Gasteiger charge is 2.10. The van der Waals surface area contributed by atoms with Crippen molar-refractivity contribution in [2.24, 2.45) is 5.10 Å². The Labute approximate surface area is 148 Å². The van der Waals surface area contributed by atoms with E-state index in [1.54, 1.807) is 18.3 Å². The molecule has 0 bridgehead atoms. The van der Waals surface area contributed by atoms with Crippen LogP contribution in [0.25, 0.3) is 0 Å². The number of hydrazone groups is 1. The Balaban J connectivity index is 1.53. The quantitative estimate of drug-likeness (QED) is 0.470. The number of amides is 1. The molecule has 3 rings (SSSR count). The van der Waals surface area contributed by atoms with Crippen molar-refractivity contribution in [1.29, 1.82) is 0 Å². The summed E-state index contributed by atoms with van der Waals surface area (Å²) in [5, 5.41) is 4.07. The molecule has 0 spiro atoms. The fourth-order valence-corrected chi connectivity index (χ4v) is 2.94. The normalized spacial score (nSPS) is 13.0. The van der Waals surface area contributed by atoms with E-state index in [-0.39, 0.29) is 5.91 Å². The van der Waals surface area contributed by atoms with Crippen LogP contribution < -0.4 is 10.2 Å². The molecule has 2 aromatic rings. The first kappa shape index (κ1) is 17.2. The minimum atomic E-state index is -0.225. The molecule has 1 amide bonds. The van der Waals surface area contributed by atoms with Gasteiger partial charge in [-0.05, 0) is 72.7 Å². The highest BCUT2D eigenvalue weighted by atomic mass is 16.5. The zero-order valence-corrected chi connectivity index (χ0v) is 14.6. The Hall–Kier alpha value is -2.62. The molecule has 2 aromatic carbocycles. The number of carbonyl (C=O) groups excluding carboxylic acids is 1. The predicted molar refractivity (Wildman–Crippen MR) is 100 cm³/mol. The third kappa shape index (κ3) is 4.69. The second-order valence-electron chi connectivity index (χ2n) is 6.31. The van der Waals surface area contributed by atoms with Gasteiger partial charge in [0.15, 0.2) is 0 Å². The maximum atomic E-state index is 12.1. The van der Waals surface area contributed by atoms with Crippen LogP contribution in [0.4, 0.5) is 0 Å². The third-order valence-corrected chi connectivity index (χ3v) is 4.39. The Morgan fingerprint density at radius 1 is 1.16 bits per heavy atom. The van der Waals surface area contributed by atoms with E-state index in [9.17, 15) is 4.79 Å². The van der Waals surface area contributed by atoms with Crippen molar-refractivity contribution < 1.29 is 9.53 Å². The molecule has 4 heteroatoms. The number of nitrogens with zero attached hydrogens (tertiary/aromatic N) is 1. The van der Waals surface area contributed by atoms with E-state index in [0.717, 1.165) is 30.6 Å². The van der Waals surface area contributed by atoms with E-state index in [1.807, 2.05) is 18.2 Å². The highest BCUT2D eigenvalue weighted by Crippen LogP contribution is 2.22. The molecule has 0 aromatic heterocycles. The minimum absolute atomic E-state index is 0.225. The van der Waals surface area contributed by atoms with E-state index in [0.29, 0.717) is 12.2 Å². The molecule has 25 heavy (non-hydrogen) atoms. The van der Waals surface area contributed by atoms with Crippen molar-refractivity contribution in [3.8, 4) is 5.75 Å². The highest BCUT2D eigenvalue weighted by molar-refractivity contribution is 5.95. The number of hydrogen-bond donors (Lipinski definition) is 1. The summed E-state index contributed by atoms with van der Waals surface area (Å²) >= 11 is 0. The number of unbranched alkanes of at least 4 members (excludes halogenated alkanes) is 1. The maximum absolute atomic E-state index is 12.1. The summed E-state index contributed by atoms with van der Waals surface area (Å²) in [5.41, 5.74) is 6.98. The molecule has 130 valence electrons. The molecule has 0 atom stereocenters. The molecule has 4 nitrogen and oxygen atoms in total. The number of carbonyl (C=O) groups is 1. The zero-order chi connectivity index (χ0) is 17.5. The molecule has 0 saturated carbocycles. The van der Waals surface area contributed by atoms with Gasteiger partial charge in [-0.3, -0.25) is 4.79 Å². The summed E-state index contributed by atoms with van der Waals surface area (Å²) in [6.07, 6.45) is 7.35. The van der Waals surface area contributed by atoms with E-state index in [2.05, 4.69) is 29.6 Å². The molecule has 0 fully saturated rings. The topological polar surface area (TPSA) is 50.7 Å². The van der Waals surface area contributed by atoms with Crippen LogP contribution in [0.2, 0.25) is 0 Å². The van der Waals surface area contributed by atoms with Gasteiger partial charge in [-0.1, -0.05) is 25.5 Å². The van der Waals surface area contributed by atoms with Gasteiger partial charge in [-0.25, -0.2) is 5.43 Å². The average Bonchev–Trinajstić information content (AvgIpc) is 3.10. The van der Waals surface area contributed by atoms with Crippen molar-refractivity contribution in [2.75, 3.05) is 6.61 Å². The first-order chi connectivity index (χ1) is 12.3. The van der Waals surface area contributed by atoms with Crippen molar-refractivity contribution in [3.63, 3.8) is 0 Å². The van der Waals surface area contributed by atoms with Gasteiger partial charge in [-0.15, -0.1) is 0 Å². The van der Waals surface area contributed by atoms with Crippen LogP contribution in [0, 0.1) is 0 Å². The summed E-state index contributed by atoms with van der Waals surface area (Å²) in [5.74, 6) is 0.559. The number of hydrogen-bond acceptors (Lipinski definition) is 3. The SMILES string of the molecule is CCCCOc1ccc(C(=O)NN=Cc2ccc3c(c2)CCC3)cc1. The number of nitrogens with one attached hydrogen (secondary N) is 1. The van der Waals surface area contributed by atoms with Gasteiger partial charge in [-0.2, -0.15) is 5.10 Å². The Bertz CT molecular complexity index is 751. The lowest BCUT2D eigenvalue weighted by molar-refractivity contribution is 0.0955. The largest absolute Gasteiger partial charge is 0.494 e. The fraction of sp³-hybridized carbons (Fsp3) is 0.333. The summed E-state index contributed by atoms with van der Waals surface area (Å²) in [7, 11) is 0. The first-order valence-corrected chi connectivity index (χ1v) is 8.94. The van der Waals surface area contributed by atoms with E-state index in [4.69, 9.17) is 4.74 Å². The van der Waals surface area contributed by atoms with Crippen molar-refractivity contribution in [3.05, 3.63) is 64.7 Å². The monoisotopic (exact) mass is 336 g/mol. The van der Waals surface area contributed by atoms with Gasteiger partial charge >= 0.3 is 0 Å². The molecule has 1 aliphatic carbocycles. The molecule has 1 N–H and O–H groups in total. The zero-order valence-electron chi connectivity index (χ0n) is 14.6. The van der Waals surface area contributed by atoms with Crippen molar-refractivity contribution in [1.82, 2.24) is 5.43 Å². The summed E-state index contributed by atoms with van der Waals surface area (Å²) < 4.78 is 5.60. The number of ether oxygens (including phenoxy) is 1. The second kappa shape index (κ2) is 8.47. The summed E-state index contributed by atoms with van der Waals surface area (Å²) in [6.45, 7) is 2.83. The summed E-state index contributed by atoms with van der Waals surface area (Å²) in [4.78, 5) is 12.1. The third-order valence-electron chi connectivity index (χ3n) is 4.39. The van der Waals surface area contributed by atoms with Crippen molar-refractivity contribution in [2.45, 2.75) is 39.0 Å². The van der Waals surface area contributed by atoms with E-state index < -0.39 is 0 Å². The molecule has 0 radical (unpaired) electrons. The lowest BCUT2D eigenvalue weighted by atomic mass is 10.1. The number of rotatable bonds is 7. The van der Waals surface area contributed by atoms with Gasteiger partial charge in [0, 0.05) is 5.56 Å². The van der Waals surface area contributed by atoms with Crippen LogP contribution in [-0.4, -0.2) is 18.7 Å². The standard InChI is InChI=1S/C21H24N2O2/c1-2-3-13-25-20-11-9-18(10-12-20)21(24)23-22-15-16-7-8-17-5-4-6-19(17)14-16/h7-12,14-15H,2-6,13H2,1H3,(H,23,24). The van der Waals surface area contributed by atoms with E-state index >= 15 is 0 Å². The summed E-state index contributed by atoms with van der Waals surface area (Å²) in [6, 6.07) is 13.5. The predicted octanol–water partition coefficient (Wildman–Crippen LogP) is 4.12. The van der Waals surface area contributed by atoms with Gasteiger partial charge < -0.3 is 4.74 Å². The minimum Gasteiger partial charge on any atom is -0.494 e. The van der Waals surface area contributed by atoms with Gasteiger partial charge in [0.05, 0.1) is 12.8 Å². The Morgan fingerprint density at radius 3 is 2.76 bits per heavy atom. The molecule has 0 heterocycles. The number of benzene rings is 2. The first-order valence-electron chi connectivity index (χ1n) is 8.94. The fourth-order valence-electron chi connectivity index (χ4n) is 2.94. The van der Waals surface area contributed by atoms with Gasteiger partial charge in [0.2, 0.25) is 0 Å².